The highest BCUT2D eigenvalue weighted by atomic mass is 19.1. The van der Waals surface area contributed by atoms with E-state index in [1.165, 1.54) is 28.0 Å². The van der Waals surface area contributed by atoms with E-state index in [4.69, 9.17) is 0 Å². The SMILES string of the molecule is CN(C)C(=O)Nc1cnn(CC(=O)NCCc2cccc(F)c2)n1. The third-order valence-electron chi connectivity index (χ3n) is 3.09. The second-order valence-corrected chi connectivity index (χ2v) is 5.31. The van der Waals surface area contributed by atoms with E-state index in [1.807, 2.05) is 0 Å². The van der Waals surface area contributed by atoms with Gasteiger partial charge in [0.05, 0.1) is 6.20 Å². The quantitative estimate of drug-likeness (QED) is 0.820. The van der Waals surface area contributed by atoms with Crippen LogP contribution in [0.4, 0.5) is 15.0 Å². The van der Waals surface area contributed by atoms with E-state index < -0.39 is 0 Å². The van der Waals surface area contributed by atoms with Gasteiger partial charge < -0.3 is 10.2 Å². The molecule has 1 heterocycles. The molecule has 2 N–H and O–H groups in total. The summed E-state index contributed by atoms with van der Waals surface area (Å²) >= 11 is 0. The first-order valence-corrected chi connectivity index (χ1v) is 7.33. The van der Waals surface area contributed by atoms with Crippen molar-refractivity contribution in [2.75, 3.05) is 26.0 Å². The predicted octanol–water partition coefficient (Wildman–Crippen LogP) is 0.870. The third-order valence-corrected chi connectivity index (χ3v) is 3.09. The molecule has 0 atom stereocenters. The summed E-state index contributed by atoms with van der Waals surface area (Å²) < 4.78 is 13.0. The molecule has 0 bridgehead atoms. The third kappa shape index (κ3) is 5.34. The number of carbonyl (C=O) groups excluding carboxylic acids is 2. The van der Waals surface area contributed by atoms with Gasteiger partial charge in [0, 0.05) is 20.6 Å². The van der Waals surface area contributed by atoms with Crippen molar-refractivity contribution in [2.45, 2.75) is 13.0 Å². The van der Waals surface area contributed by atoms with Gasteiger partial charge in [-0.05, 0) is 24.1 Å². The number of rotatable bonds is 6. The summed E-state index contributed by atoms with van der Waals surface area (Å²) in [4.78, 5) is 25.8. The maximum atomic E-state index is 13.0. The lowest BCUT2D eigenvalue weighted by atomic mass is 10.1. The molecule has 3 amide bonds. The van der Waals surface area contributed by atoms with Crippen LogP contribution < -0.4 is 10.6 Å². The summed E-state index contributed by atoms with van der Waals surface area (Å²) in [5.41, 5.74) is 0.807. The number of anilines is 1. The van der Waals surface area contributed by atoms with Gasteiger partial charge >= 0.3 is 6.03 Å². The van der Waals surface area contributed by atoms with Crippen LogP contribution in [0, 0.1) is 5.82 Å². The molecule has 0 unspecified atom stereocenters. The van der Waals surface area contributed by atoms with Crippen molar-refractivity contribution in [3.8, 4) is 0 Å². The fourth-order valence-corrected chi connectivity index (χ4v) is 1.88. The number of carbonyl (C=O) groups is 2. The van der Waals surface area contributed by atoms with Crippen molar-refractivity contribution in [1.82, 2.24) is 25.2 Å². The molecule has 24 heavy (non-hydrogen) atoms. The molecule has 0 aliphatic heterocycles. The summed E-state index contributed by atoms with van der Waals surface area (Å²) in [5, 5.41) is 13.1. The minimum absolute atomic E-state index is 0.0685. The van der Waals surface area contributed by atoms with Gasteiger partial charge in [-0.2, -0.15) is 9.90 Å². The van der Waals surface area contributed by atoms with Gasteiger partial charge in [0.1, 0.15) is 12.4 Å². The molecule has 0 spiro atoms. The molecule has 1 aromatic heterocycles. The molecule has 2 aromatic rings. The van der Waals surface area contributed by atoms with Crippen molar-refractivity contribution in [3.05, 3.63) is 41.8 Å². The largest absolute Gasteiger partial charge is 0.354 e. The number of nitrogens with one attached hydrogen (secondary N) is 2. The number of halogens is 1. The first-order chi connectivity index (χ1) is 11.4. The topological polar surface area (TPSA) is 92.2 Å². The zero-order valence-electron chi connectivity index (χ0n) is 13.5. The predicted molar refractivity (Wildman–Crippen MR) is 85.8 cm³/mol. The molecule has 0 radical (unpaired) electrons. The van der Waals surface area contributed by atoms with Crippen LogP contribution in [0.1, 0.15) is 5.56 Å². The molecular formula is C15H19FN6O2. The zero-order valence-corrected chi connectivity index (χ0v) is 13.5. The van der Waals surface area contributed by atoms with Crippen molar-refractivity contribution in [3.63, 3.8) is 0 Å². The molecule has 1 aromatic carbocycles. The number of benzene rings is 1. The Morgan fingerprint density at radius 2 is 2.12 bits per heavy atom. The number of hydrogen-bond donors (Lipinski definition) is 2. The van der Waals surface area contributed by atoms with E-state index in [2.05, 4.69) is 20.8 Å². The average Bonchev–Trinajstić information content (AvgIpc) is 2.94. The van der Waals surface area contributed by atoms with Gasteiger partial charge in [0.15, 0.2) is 5.82 Å². The van der Waals surface area contributed by atoms with Crippen LogP contribution >= 0.6 is 0 Å². The second-order valence-electron chi connectivity index (χ2n) is 5.31. The highest BCUT2D eigenvalue weighted by Crippen LogP contribution is 2.03. The van der Waals surface area contributed by atoms with E-state index >= 15 is 0 Å². The molecule has 0 fully saturated rings. The maximum absolute atomic E-state index is 13.0. The fourth-order valence-electron chi connectivity index (χ4n) is 1.88. The summed E-state index contributed by atoms with van der Waals surface area (Å²) in [6, 6.07) is 5.90. The van der Waals surface area contributed by atoms with Crippen LogP contribution in [0.2, 0.25) is 0 Å². The minimum atomic E-state index is -0.332. The Labute approximate surface area is 138 Å². The summed E-state index contributed by atoms with van der Waals surface area (Å²) in [6.45, 7) is 0.314. The van der Waals surface area contributed by atoms with Crippen LogP contribution in [-0.2, 0) is 17.8 Å². The Morgan fingerprint density at radius 1 is 1.33 bits per heavy atom. The van der Waals surface area contributed by atoms with Crippen LogP contribution in [-0.4, -0.2) is 52.5 Å². The molecule has 128 valence electrons. The normalized spacial score (nSPS) is 10.3. The fraction of sp³-hybridized carbons (Fsp3) is 0.333. The Morgan fingerprint density at radius 3 is 2.83 bits per heavy atom. The first-order valence-electron chi connectivity index (χ1n) is 7.33. The lowest BCUT2D eigenvalue weighted by Gasteiger charge is -2.09. The summed E-state index contributed by atoms with van der Waals surface area (Å²) in [7, 11) is 3.21. The van der Waals surface area contributed by atoms with Crippen molar-refractivity contribution in [1.29, 1.82) is 0 Å². The van der Waals surface area contributed by atoms with E-state index in [9.17, 15) is 14.0 Å². The first kappa shape index (κ1) is 17.4. The Kier molecular flexibility index (Phi) is 5.83. The number of hydrogen-bond acceptors (Lipinski definition) is 4. The summed E-state index contributed by atoms with van der Waals surface area (Å²) in [5.74, 6) is -0.305. The van der Waals surface area contributed by atoms with Gasteiger partial charge in [-0.15, -0.1) is 5.10 Å². The number of nitrogens with zero attached hydrogens (tertiary/aromatic N) is 4. The number of aromatic nitrogens is 3. The van der Waals surface area contributed by atoms with E-state index in [0.717, 1.165) is 5.56 Å². The van der Waals surface area contributed by atoms with Crippen LogP contribution in [0.15, 0.2) is 30.5 Å². The van der Waals surface area contributed by atoms with Crippen LogP contribution in [0.5, 0.6) is 0 Å². The minimum Gasteiger partial charge on any atom is -0.354 e. The lowest BCUT2D eigenvalue weighted by Crippen LogP contribution is -2.30. The maximum Gasteiger partial charge on any atom is 0.322 e. The van der Waals surface area contributed by atoms with Crippen molar-refractivity contribution >= 4 is 17.8 Å². The Hall–Kier alpha value is -2.97. The highest BCUT2D eigenvalue weighted by molar-refractivity contribution is 5.87. The number of amides is 3. The molecule has 9 heteroatoms. The lowest BCUT2D eigenvalue weighted by molar-refractivity contribution is -0.122. The average molecular weight is 334 g/mol. The Bertz CT molecular complexity index is 715. The standard InChI is InChI=1S/C15H19FN6O2/c1-21(2)15(24)19-13-9-18-22(20-13)10-14(23)17-7-6-11-4-3-5-12(16)8-11/h3-5,8-9H,6-7,10H2,1-2H3,(H,17,23)(H,19,20,24). The highest BCUT2D eigenvalue weighted by Gasteiger charge is 2.09. The second kappa shape index (κ2) is 8.04. The van der Waals surface area contributed by atoms with Gasteiger partial charge in [0.2, 0.25) is 5.91 Å². The molecule has 2 rings (SSSR count). The molecule has 0 aliphatic rings. The van der Waals surface area contributed by atoms with Gasteiger partial charge in [-0.25, -0.2) is 9.18 Å². The van der Waals surface area contributed by atoms with E-state index in [-0.39, 0.29) is 30.1 Å². The van der Waals surface area contributed by atoms with Crippen LogP contribution in [0.3, 0.4) is 0 Å². The van der Waals surface area contributed by atoms with Gasteiger partial charge in [0.25, 0.3) is 0 Å². The number of urea groups is 1. The zero-order chi connectivity index (χ0) is 17.5. The monoisotopic (exact) mass is 334 g/mol. The van der Waals surface area contributed by atoms with E-state index in [1.54, 1.807) is 26.2 Å². The molecule has 8 nitrogen and oxygen atoms in total. The molecule has 0 aliphatic carbocycles. The summed E-state index contributed by atoms with van der Waals surface area (Å²) in [6.07, 6.45) is 1.89. The molecule has 0 saturated heterocycles. The smallest absolute Gasteiger partial charge is 0.322 e. The van der Waals surface area contributed by atoms with Gasteiger partial charge in [-0.1, -0.05) is 12.1 Å². The Balaban J connectivity index is 1.76. The van der Waals surface area contributed by atoms with Gasteiger partial charge in [-0.3, -0.25) is 10.1 Å². The van der Waals surface area contributed by atoms with Crippen LogP contribution in [0.25, 0.3) is 0 Å². The van der Waals surface area contributed by atoms with Crippen molar-refractivity contribution < 1.29 is 14.0 Å². The van der Waals surface area contributed by atoms with Crippen molar-refractivity contribution in [2.24, 2.45) is 0 Å². The molecule has 0 saturated carbocycles. The van der Waals surface area contributed by atoms with E-state index in [0.29, 0.717) is 13.0 Å². The molecular weight excluding hydrogens is 315 g/mol.